The van der Waals surface area contributed by atoms with Crippen molar-refractivity contribution in [2.75, 3.05) is 44.2 Å². The number of sulfonamides is 1. The van der Waals surface area contributed by atoms with Gasteiger partial charge >= 0.3 is 0 Å². The first kappa shape index (κ1) is 23.8. The molecule has 0 aliphatic carbocycles. The summed E-state index contributed by atoms with van der Waals surface area (Å²) in [5.41, 5.74) is 2.71. The van der Waals surface area contributed by atoms with Gasteiger partial charge in [-0.1, -0.05) is 44.2 Å². The number of rotatable bonds is 7. The van der Waals surface area contributed by atoms with Crippen LogP contribution in [0.1, 0.15) is 61.4 Å². The first-order chi connectivity index (χ1) is 16.0. The molecule has 2 aromatic rings. The third-order valence-electron chi connectivity index (χ3n) is 7.04. The summed E-state index contributed by atoms with van der Waals surface area (Å²) >= 11 is 0. The van der Waals surface area contributed by atoms with Crippen molar-refractivity contribution in [3.8, 4) is 0 Å². The second-order valence-electron chi connectivity index (χ2n) is 8.94. The van der Waals surface area contributed by atoms with Gasteiger partial charge < -0.3 is 9.80 Å². The van der Waals surface area contributed by atoms with Crippen molar-refractivity contribution in [2.45, 2.75) is 50.3 Å². The summed E-state index contributed by atoms with van der Waals surface area (Å²) in [5, 5.41) is 0. The van der Waals surface area contributed by atoms with E-state index in [1.54, 1.807) is 12.1 Å². The topological polar surface area (TPSA) is 60.9 Å². The van der Waals surface area contributed by atoms with E-state index < -0.39 is 10.0 Å². The van der Waals surface area contributed by atoms with Crippen molar-refractivity contribution >= 4 is 21.6 Å². The van der Waals surface area contributed by atoms with Gasteiger partial charge in [0.05, 0.1) is 10.5 Å². The normalized spacial score (nSPS) is 17.7. The molecule has 0 saturated carbocycles. The molecule has 0 N–H and O–H groups in total. The Morgan fingerprint density at radius 2 is 1.58 bits per heavy atom. The molecule has 0 atom stereocenters. The molecular formula is C26H35N3O3S. The minimum atomic E-state index is -3.63. The zero-order valence-corrected chi connectivity index (χ0v) is 20.6. The number of carbonyl (C=O) groups is 1. The minimum Gasteiger partial charge on any atom is -0.371 e. The molecule has 2 saturated heterocycles. The third-order valence-corrected chi connectivity index (χ3v) is 9.09. The van der Waals surface area contributed by atoms with Gasteiger partial charge in [0.25, 0.3) is 5.91 Å². The van der Waals surface area contributed by atoms with Crippen LogP contribution in [-0.4, -0.2) is 62.8 Å². The molecule has 178 valence electrons. The van der Waals surface area contributed by atoms with Crippen molar-refractivity contribution in [1.29, 1.82) is 0 Å². The number of anilines is 1. The zero-order valence-electron chi connectivity index (χ0n) is 19.7. The highest BCUT2D eigenvalue weighted by Crippen LogP contribution is 2.32. The van der Waals surface area contributed by atoms with E-state index in [-0.39, 0.29) is 10.8 Å². The Bertz CT molecular complexity index is 1050. The van der Waals surface area contributed by atoms with Crippen LogP contribution in [0.2, 0.25) is 0 Å². The van der Waals surface area contributed by atoms with Crippen LogP contribution < -0.4 is 4.90 Å². The number of carbonyl (C=O) groups excluding carboxylic acids is 1. The summed E-state index contributed by atoms with van der Waals surface area (Å²) in [6, 6.07) is 15.6. The Balaban J connectivity index is 1.61. The maximum atomic E-state index is 13.7. The molecule has 2 aliphatic rings. The summed E-state index contributed by atoms with van der Waals surface area (Å²) in [6.07, 6.45) is 4.03. The number of piperidine rings is 1. The zero-order chi connectivity index (χ0) is 23.4. The van der Waals surface area contributed by atoms with E-state index in [9.17, 15) is 13.2 Å². The molecule has 33 heavy (non-hydrogen) atoms. The Hall–Kier alpha value is -2.38. The van der Waals surface area contributed by atoms with Crippen LogP contribution in [0.4, 0.5) is 5.69 Å². The number of nitrogens with zero attached hydrogens (tertiary/aromatic N) is 3. The highest BCUT2D eigenvalue weighted by molar-refractivity contribution is 7.89. The maximum absolute atomic E-state index is 13.7. The molecule has 7 heteroatoms. The molecule has 2 heterocycles. The molecule has 2 fully saturated rings. The van der Waals surface area contributed by atoms with Crippen LogP contribution in [-0.2, 0) is 10.0 Å². The summed E-state index contributed by atoms with van der Waals surface area (Å²) in [4.78, 5) is 18.0. The quantitative estimate of drug-likeness (QED) is 0.605. The van der Waals surface area contributed by atoms with Crippen molar-refractivity contribution in [3.05, 3.63) is 59.7 Å². The Morgan fingerprint density at radius 1 is 0.939 bits per heavy atom. The summed E-state index contributed by atoms with van der Waals surface area (Å²) in [7, 11) is -3.63. The van der Waals surface area contributed by atoms with Gasteiger partial charge in [0, 0.05) is 45.0 Å². The van der Waals surface area contributed by atoms with Gasteiger partial charge in [-0.25, -0.2) is 8.42 Å². The van der Waals surface area contributed by atoms with E-state index in [1.165, 1.54) is 9.87 Å². The first-order valence-corrected chi connectivity index (χ1v) is 13.6. The predicted octanol–water partition coefficient (Wildman–Crippen LogP) is 4.34. The molecule has 1 amide bonds. The third kappa shape index (κ3) is 4.94. The summed E-state index contributed by atoms with van der Waals surface area (Å²) in [6.45, 7) is 7.66. The standard InChI is InChI=1S/C26H35N3O3S/c1-3-29(4-2)33(31,32)23-12-13-25(27-16-8-9-17-27)24(20-23)26(30)28-18-14-22(15-19-28)21-10-6-5-7-11-21/h5-7,10-13,20,22H,3-4,8-9,14-19H2,1-2H3. The average molecular weight is 470 g/mol. The van der Waals surface area contributed by atoms with Gasteiger partial charge in [0.15, 0.2) is 0 Å². The monoisotopic (exact) mass is 469 g/mol. The van der Waals surface area contributed by atoms with Gasteiger partial charge in [-0.2, -0.15) is 4.31 Å². The molecular weight excluding hydrogens is 434 g/mol. The number of likely N-dealkylation sites (tertiary alicyclic amines) is 1. The van der Waals surface area contributed by atoms with Crippen LogP contribution >= 0.6 is 0 Å². The lowest BCUT2D eigenvalue weighted by molar-refractivity contribution is 0.0713. The lowest BCUT2D eigenvalue weighted by atomic mass is 9.89. The average Bonchev–Trinajstić information content (AvgIpc) is 3.39. The molecule has 4 rings (SSSR count). The second kappa shape index (κ2) is 10.3. The van der Waals surface area contributed by atoms with Crippen LogP contribution in [0.25, 0.3) is 0 Å². The first-order valence-electron chi connectivity index (χ1n) is 12.2. The largest absolute Gasteiger partial charge is 0.371 e. The number of hydrogen-bond acceptors (Lipinski definition) is 4. The fraction of sp³-hybridized carbons (Fsp3) is 0.500. The van der Waals surface area contributed by atoms with E-state index in [0.717, 1.165) is 44.5 Å². The minimum absolute atomic E-state index is 0.0555. The van der Waals surface area contributed by atoms with Crippen LogP contribution in [0.15, 0.2) is 53.4 Å². The predicted molar refractivity (Wildman–Crippen MR) is 132 cm³/mol. The van der Waals surface area contributed by atoms with Gasteiger partial charge in [-0.05, 0) is 55.4 Å². The molecule has 2 aliphatic heterocycles. The molecule has 0 spiro atoms. The van der Waals surface area contributed by atoms with Crippen molar-refractivity contribution in [2.24, 2.45) is 0 Å². The highest BCUT2D eigenvalue weighted by atomic mass is 32.2. The SMILES string of the molecule is CCN(CC)S(=O)(=O)c1ccc(N2CCCC2)c(C(=O)N2CCC(c3ccccc3)CC2)c1. The van der Waals surface area contributed by atoms with Gasteiger partial charge in [-0.3, -0.25) is 4.79 Å². The lowest BCUT2D eigenvalue weighted by Gasteiger charge is -2.33. The molecule has 2 aromatic carbocycles. The number of benzene rings is 2. The number of amides is 1. The number of hydrogen-bond donors (Lipinski definition) is 0. The highest BCUT2D eigenvalue weighted by Gasteiger charge is 2.30. The van der Waals surface area contributed by atoms with Gasteiger partial charge in [0.1, 0.15) is 0 Å². The van der Waals surface area contributed by atoms with Gasteiger partial charge in [0.2, 0.25) is 10.0 Å². The molecule has 0 radical (unpaired) electrons. The van der Waals surface area contributed by atoms with Crippen LogP contribution in [0, 0.1) is 0 Å². The summed E-state index contributed by atoms with van der Waals surface area (Å²) in [5.74, 6) is 0.405. The molecule has 0 unspecified atom stereocenters. The smallest absolute Gasteiger partial charge is 0.256 e. The van der Waals surface area contributed by atoms with Crippen molar-refractivity contribution < 1.29 is 13.2 Å². The van der Waals surface area contributed by atoms with Crippen molar-refractivity contribution in [3.63, 3.8) is 0 Å². The second-order valence-corrected chi connectivity index (χ2v) is 10.9. The van der Waals surface area contributed by atoms with E-state index >= 15 is 0 Å². The van der Waals surface area contributed by atoms with E-state index in [4.69, 9.17) is 0 Å². The fourth-order valence-electron chi connectivity index (χ4n) is 5.10. The summed E-state index contributed by atoms with van der Waals surface area (Å²) < 4.78 is 27.8. The van der Waals surface area contributed by atoms with Gasteiger partial charge in [-0.15, -0.1) is 0 Å². The van der Waals surface area contributed by atoms with E-state index in [1.807, 2.05) is 30.9 Å². The van der Waals surface area contributed by atoms with Crippen LogP contribution in [0.3, 0.4) is 0 Å². The Labute approximate surface area is 198 Å². The molecule has 0 bridgehead atoms. The van der Waals surface area contributed by atoms with Crippen molar-refractivity contribution in [1.82, 2.24) is 9.21 Å². The Morgan fingerprint density at radius 3 is 2.18 bits per heavy atom. The molecule has 0 aromatic heterocycles. The van der Waals surface area contributed by atoms with E-state index in [0.29, 0.717) is 37.7 Å². The van der Waals surface area contributed by atoms with Crippen LogP contribution in [0.5, 0.6) is 0 Å². The maximum Gasteiger partial charge on any atom is 0.256 e. The fourth-order valence-corrected chi connectivity index (χ4v) is 6.59. The lowest BCUT2D eigenvalue weighted by Crippen LogP contribution is -2.39. The van der Waals surface area contributed by atoms with E-state index in [2.05, 4.69) is 29.2 Å². The Kier molecular flexibility index (Phi) is 7.39. The molecule has 6 nitrogen and oxygen atoms in total.